The summed E-state index contributed by atoms with van der Waals surface area (Å²) in [4.78, 5) is 8.57. The molecule has 0 radical (unpaired) electrons. The number of nitrogen functional groups attached to an aromatic ring is 1. The average molecular weight is 238 g/mol. The van der Waals surface area contributed by atoms with Crippen LogP contribution in [-0.4, -0.2) is 19.7 Å². The molecule has 0 saturated heterocycles. The standard InChI is InChI=1S/C10H12ClN5/c1-3-7-4-9(14-6(2)13-7)16-5-8(11)10(12)15-16/h4-5H,3H2,1-2H3,(H2,12,15). The van der Waals surface area contributed by atoms with Crippen LogP contribution >= 0.6 is 11.6 Å². The van der Waals surface area contributed by atoms with Crippen LogP contribution < -0.4 is 5.73 Å². The third-order valence-corrected chi connectivity index (χ3v) is 2.46. The Morgan fingerprint density at radius 1 is 1.44 bits per heavy atom. The highest BCUT2D eigenvalue weighted by Crippen LogP contribution is 2.18. The lowest BCUT2D eigenvalue weighted by Gasteiger charge is -2.03. The van der Waals surface area contributed by atoms with Gasteiger partial charge in [-0.3, -0.25) is 0 Å². The van der Waals surface area contributed by atoms with Crippen LogP contribution in [0.5, 0.6) is 0 Å². The Labute approximate surface area is 98.3 Å². The summed E-state index contributed by atoms with van der Waals surface area (Å²) in [5.41, 5.74) is 6.54. The van der Waals surface area contributed by atoms with Gasteiger partial charge < -0.3 is 5.73 Å². The van der Waals surface area contributed by atoms with E-state index in [1.165, 1.54) is 0 Å². The van der Waals surface area contributed by atoms with Crippen LogP contribution in [0.15, 0.2) is 12.3 Å². The van der Waals surface area contributed by atoms with Crippen LogP contribution in [-0.2, 0) is 6.42 Å². The van der Waals surface area contributed by atoms with E-state index in [-0.39, 0.29) is 0 Å². The van der Waals surface area contributed by atoms with Crippen molar-refractivity contribution in [1.29, 1.82) is 0 Å². The molecule has 0 unspecified atom stereocenters. The van der Waals surface area contributed by atoms with Gasteiger partial charge in [-0.1, -0.05) is 18.5 Å². The molecule has 16 heavy (non-hydrogen) atoms. The first-order valence-electron chi connectivity index (χ1n) is 4.95. The number of rotatable bonds is 2. The summed E-state index contributed by atoms with van der Waals surface area (Å²) in [6.07, 6.45) is 2.49. The Morgan fingerprint density at radius 3 is 2.75 bits per heavy atom. The van der Waals surface area contributed by atoms with Gasteiger partial charge in [-0.05, 0) is 13.3 Å². The van der Waals surface area contributed by atoms with Crippen molar-refractivity contribution in [3.8, 4) is 5.82 Å². The molecule has 0 aliphatic heterocycles. The molecule has 0 spiro atoms. The highest BCUT2D eigenvalue weighted by Gasteiger charge is 2.07. The monoisotopic (exact) mass is 237 g/mol. The highest BCUT2D eigenvalue weighted by atomic mass is 35.5. The van der Waals surface area contributed by atoms with Gasteiger partial charge in [-0.15, -0.1) is 5.10 Å². The fraction of sp³-hybridized carbons (Fsp3) is 0.300. The van der Waals surface area contributed by atoms with Gasteiger partial charge in [-0.25, -0.2) is 14.6 Å². The number of hydrogen-bond donors (Lipinski definition) is 1. The Balaban J connectivity index is 2.50. The number of halogens is 1. The summed E-state index contributed by atoms with van der Waals surface area (Å²) < 4.78 is 1.56. The fourth-order valence-electron chi connectivity index (χ4n) is 1.39. The molecule has 6 heteroatoms. The van der Waals surface area contributed by atoms with E-state index in [9.17, 15) is 0 Å². The van der Waals surface area contributed by atoms with E-state index < -0.39 is 0 Å². The van der Waals surface area contributed by atoms with Gasteiger partial charge in [0.05, 0.1) is 6.20 Å². The minimum absolute atomic E-state index is 0.302. The molecule has 0 bridgehead atoms. The Kier molecular flexibility index (Phi) is 2.78. The van der Waals surface area contributed by atoms with Gasteiger partial charge in [0, 0.05) is 11.8 Å². The number of anilines is 1. The molecule has 2 aromatic rings. The molecule has 2 rings (SSSR count). The zero-order valence-electron chi connectivity index (χ0n) is 9.11. The molecule has 0 aliphatic carbocycles. The zero-order chi connectivity index (χ0) is 11.7. The topological polar surface area (TPSA) is 69.6 Å². The van der Waals surface area contributed by atoms with E-state index in [0.29, 0.717) is 22.5 Å². The third kappa shape index (κ3) is 1.99. The third-order valence-electron chi connectivity index (χ3n) is 2.17. The number of aromatic nitrogens is 4. The van der Waals surface area contributed by atoms with Crippen molar-refractivity contribution in [2.75, 3.05) is 5.73 Å². The van der Waals surface area contributed by atoms with Crippen molar-refractivity contribution in [3.63, 3.8) is 0 Å². The minimum Gasteiger partial charge on any atom is -0.381 e. The van der Waals surface area contributed by atoms with Gasteiger partial charge in [0.15, 0.2) is 11.6 Å². The summed E-state index contributed by atoms with van der Waals surface area (Å²) in [6, 6.07) is 1.87. The first-order valence-corrected chi connectivity index (χ1v) is 5.33. The van der Waals surface area contributed by atoms with Crippen LogP contribution in [0.1, 0.15) is 18.4 Å². The van der Waals surface area contributed by atoms with Crippen molar-refractivity contribution >= 4 is 17.4 Å². The van der Waals surface area contributed by atoms with E-state index >= 15 is 0 Å². The highest BCUT2D eigenvalue weighted by molar-refractivity contribution is 6.32. The summed E-state index contributed by atoms with van der Waals surface area (Å²) in [7, 11) is 0. The van der Waals surface area contributed by atoms with Gasteiger partial charge >= 0.3 is 0 Å². The molecular weight excluding hydrogens is 226 g/mol. The second kappa shape index (κ2) is 4.09. The molecule has 84 valence electrons. The first kappa shape index (κ1) is 10.9. The van der Waals surface area contributed by atoms with E-state index in [4.69, 9.17) is 17.3 Å². The van der Waals surface area contributed by atoms with Crippen molar-refractivity contribution in [1.82, 2.24) is 19.7 Å². The molecule has 0 saturated carbocycles. The van der Waals surface area contributed by atoms with E-state index in [1.54, 1.807) is 10.9 Å². The maximum absolute atomic E-state index is 5.84. The molecular formula is C10H12ClN5. The lowest BCUT2D eigenvalue weighted by molar-refractivity contribution is 0.817. The number of aryl methyl sites for hydroxylation is 2. The zero-order valence-corrected chi connectivity index (χ0v) is 9.86. The Hall–Kier alpha value is -1.62. The van der Waals surface area contributed by atoms with Crippen LogP contribution in [0.25, 0.3) is 5.82 Å². The molecule has 2 N–H and O–H groups in total. The quantitative estimate of drug-likeness (QED) is 0.864. The maximum Gasteiger partial charge on any atom is 0.164 e. The first-order chi connectivity index (χ1) is 7.60. The van der Waals surface area contributed by atoms with Crippen LogP contribution in [0.4, 0.5) is 5.82 Å². The van der Waals surface area contributed by atoms with Gasteiger partial charge in [-0.2, -0.15) is 0 Å². The number of hydrogen-bond acceptors (Lipinski definition) is 4. The second-order valence-electron chi connectivity index (χ2n) is 3.43. The average Bonchev–Trinajstić information content (AvgIpc) is 2.58. The van der Waals surface area contributed by atoms with Crippen molar-refractivity contribution in [2.24, 2.45) is 0 Å². The molecule has 2 heterocycles. The number of nitrogens with two attached hydrogens (primary N) is 1. The van der Waals surface area contributed by atoms with E-state index in [1.807, 2.05) is 19.9 Å². The summed E-state index contributed by atoms with van der Waals surface area (Å²) in [5.74, 6) is 1.69. The van der Waals surface area contributed by atoms with Crippen LogP contribution in [0.3, 0.4) is 0 Å². The van der Waals surface area contributed by atoms with E-state index in [2.05, 4.69) is 15.1 Å². The molecule has 0 amide bonds. The normalized spacial score (nSPS) is 10.7. The molecule has 0 aliphatic rings. The lowest BCUT2D eigenvalue weighted by Crippen LogP contribution is -2.04. The van der Waals surface area contributed by atoms with Gasteiger partial charge in [0.2, 0.25) is 0 Å². The van der Waals surface area contributed by atoms with Crippen LogP contribution in [0, 0.1) is 6.92 Å². The fourth-order valence-corrected chi connectivity index (χ4v) is 1.52. The van der Waals surface area contributed by atoms with Crippen molar-refractivity contribution < 1.29 is 0 Å². The molecule has 5 nitrogen and oxygen atoms in total. The van der Waals surface area contributed by atoms with Gasteiger partial charge in [0.1, 0.15) is 10.8 Å². The SMILES string of the molecule is CCc1cc(-n2cc(Cl)c(N)n2)nc(C)n1. The summed E-state index contributed by atoms with van der Waals surface area (Å²) in [6.45, 7) is 3.88. The molecule has 0 aromatic carbocycles. The molecule has 0 fully saturated rings. The van der Waals surface area contributed by atoms with Gasteiger partial charge in [0.25, 0.3) is 0 Å². The van der Waals surface area contributed by atoms with Crippen molar-refractivity contribution in [3.05, 3.63) is 28.8 Å². The Bertz CT molecular complexity index is 500. The van der Waals surface area contributed by atoms with Crippen molar-refractivity contribution in [2.45, 2.75) is 20.3 Å². The largest absolute Gasteiger partial charge is 0.381 e. The summed E-state index contributed by atoms with van der Waals surface area (Å²) >= 11 is 5.84. The maximum atomic E-state index is 5.84. The second-order valence-corrected chi connectivity index (χ2v) is 3.83. The molecule has 2 aromatic heterocycles. The predicted octanol–water partition coefficient (Wildman–Crippen LogP) is 1.77. The van der Waals surface area contributed by atoms with E-state index in [0.717, 1.165) is 12.1 Å². The Morgan fingerprint density at radius 2 is 2.19 bits per heavy atom. The molecule has 0 atom stereocenters. The van der Waals surface area contributed by atoms with Crippen LogP contribution in [0.2, 0.25) is 5.02 Å². The summed E-state index contributed by atoms with van der Waals surface area (Å²) in [5, 5.41) is 4.49. The minimum atomic E-state index is 0.302. The predicted molar refractivity (Wildman–Crippen MR) is 62.7 cm³/mol. The smallest absolute Gasteiger partial charge is 0.164 e. The lowest BCUT2D eigenvalue weighted by atomic mass is 10.3. The number of nitrogens with zero attached hydrogens (tertiary/aromatic N) is 4.